The average Bonchev–Trinajstić information content (AvgIpc) is 2.53. The second-order valence-electron chi connectivity index (χ2n) is 6.41. The fourth-order valence-corrected chi connectivity index (χ4v) is 2.54. The first-order chi connectivity index (χ1) is 11.3. The van der Waals surface area contributed by atoms with Crippen LogP contribution in [0.15, 0.2) is 4.79 Å². The summed E-state index contributed by atoms with van der Waals surface area (Å²) in [7, 11) is 2.78. The second kappa shape index (κ2) is 8.76. The Labute approximate surface area is 143 Å². The fraction of sp³-hybridized carbons (Fsp3) is 0.667. The van der Waals surface area contributed by atoms with Crippen molar-refractivity contribution in [2.75, 3.05) is 14.2 Å². The highest BCUT2D eigenvalue weighted by atomic mass is 16.5. The monoisotopic (exact) mass is 339 g/mol. The number of H-pyrrole nitrogens is 1. The summed E-state index contributed by atoms with van der Waals surface area (Å²) < 4.78 is 15.9. The molecule has 0 spiro atoms. The van der Waals surface area contributed by atoms with Crippen molar-refractivity contribution in [2.45, 2.75) is 53.6 Å². The number of aromatic nitrogens is 1. The molecule has 2 unspecified atom stereocenters. The normalized spacial score (nSPS) is 13.5. The lowest BCUT2D eigenvalue weighted by Crippen LogP contribution is -2.26. The van der Waals surface area contributed by atoms with Gasteiger partial charge in [0.05, 0.1) is 20.3 Å². The minimum atomic E-state index is -0.509. The first kappa shape index (κ1) is 20.1. The predicted octanol–water partition coefficient (Wildman–Crippen LogP) is 3.43. The lowest BCUT2D eigenvalue weighted by molar-refractivity contribution is 0.0903. The van der Waals surface area contributed by atoms with E-state index in [1.54, 1.807) is 0 Å². The van der Waals surface area contributed by atoms with Crippen LogP contribution in [-0.2, 0) is 0 Å². The number of aromatic amines is 1. The molecule has 1 N–H and O–H groups in total. The molecule has 6 heteroatoms. The van der Waals surface area contributed by atoms with Gasteiger partial charge in [0.1, 0.15) is 5.56 Å². The van der Waals surface area contributed by atoms with Crippen LogP contribution in [-0.4, -0.2) is 31.1 Å². The topological polar surface area (TPSA) is 77.6 Å². The number of rotatable bonds is 9. The number of carbonyl (C=O) groups excluding carboxylic acids is 1. The third-order valence-electron chi connectivity index (χ3n) is 4.00. The number of nitrogens with one attached hydrogen (secondary N) is 1. The van der Waals surface area contributed by atoms with Crippen LogP contribution in [0.2, 0.25) is 0 Å². The van der Waals surface area contributed by atoms with Gasteiger partial charge in [-0.1, -0.05) is 27.2 Å². The minimum Gasteiger partial charge on any atom is -0.488 e. The van der Waals surface area contributed by atoms with E-state index in [9.17, 15) is 9.59 Å². The molecule has 0 saturated carbocycles. The van der Waals surface area contributed by atoms with E-state index in [1.807, 2.05) is 20.8 Å². The van der Waals surface area contributed by atoms with Crippen LogP contribution >= 0.6 is 0 Å². The maximum Gasteiger partial charge on any atom is 0.242 e. The van der Waals surface area contributed by atoms with Gasteiger partial charge in [0.15, 0.2) is 5.78 Å². The third kappa shape index (κ3) is 4.52. The SMILES string of the molecule is CCC(C)CC(C)C(=O)c1c(OC(C)C)[nH]c(OC)c(OC)c1=O. The standard InChI is InChI=1S/C18H29NO5/c1-8-11(4)9-12(5)14(20)13-15(21)16(22-6)18(23-7)19-17(13)24-10(2)3/h10-12H,8-9H2,1-7H3,(H,19,21). The molecule has 0 radical (unpaired) electrons. The smallest absolute Gasteiger partial charge is 0.242 e. The molecule has 2 atom stereocenters. The average molecular weight is 339 g/mol. The molecule has 0 aliphatic carbocycles. The van der Waals surface area contributed by atoms with Crippen molar-refractivity contribution in [3.8, 4) is 17.5 Å². The lowest BCUT2D eigenvalue weighted by Gasteiger charge is -2.19. The number of pyridine rings is 1. The Morgan fingerprint density at radius 1 is 1.08 bits per heavy atom. The summed E-state index contributed by atoms with van der Waals surface area (Å²) in [5.74, 6) is 0.130. The molecule has 6 nitrogen and oxygen atoms in total. The zero-order chi connectivity index (χ0) is 18.4. The van der Waals surface area contributed by atoms with E-state index in [2.05, 4.69) is 18.8 Å². The molecule has 0 aromatic carbocycles. The van der Waals surface area contributed by atoms with Crippen LogP contribution in [0.5, 0.6) is 17.5 Å². The molecule has 0 bridgehead atoms. The van der Waals surface area contributed by atoms with E-state index in [-0.39, 0.29) is 40.9 Å². The van der Waals surface area contributed by atoms with Crippen LogP contribution in [0.4, 0.5) is 0 Å². The lowest BCUT2D eigenvalue weighted by atomic mass is 9.89. The van der Waals surface area contributed by atoms with Gasteiger partial charge in [-0.25, -0.2) is 0 Å². The summed E-state index contributed by atoms with van der Waals surface area (Å²) in [6.45, 7) is 9.66. The van der Waals surface area contributed by atoms with Gasteiger partial charge in [0.2, 0.25) is 22.9 Å². The quantitative estimate of drug-likeness (QED) is 0.697. The number of hydrogen-bond acceptors (Lipinski definition) is 5. The summed E-state index contributed by atoms with van der Waals surface area (Å²) >= 11 is 0. The van der Waals surface area contributed by atoms with Crippen molar-refractivity contribution >= 4 is 5.78 Å². The Kier molecular flexibility index (Phi) is 7.32. The molecular formula is C18H29NO5. The zero-order valence-corrected chi connectivity index (χ0v) is 15.7. The van der Waals surface area contributed by atoms with Gasteiger partial charge in [-0.3, -0.25) is 14.6 Å². The molecule has 0 aliphatic rings. The minimum absolute atomic E-state index is 0.00264. The largest absolute Gasteiger partial charge is 0.488 e. The molecule has 1 aromatic heterocycles. The van der Waals surface area contributed by atoms with Crippen LogP contribution in [0.1, 0.15) is 57.8 Å². The van der Waals surface area contributed by atoms with Crippen LogP contribution in [0, 0.1) is 11.8 Å². The van der Waals surface area contributed by atoms with Gasteiger partial charge < -0.3 is 14.2 Å². The Balaban J connectivity index is 3.42. The fourth-order valence-electron chi connectivity index (χ4n) is 2.54. The van der Waals surface area contributed by atoms with Crippen molar-refractivity contribution in [2.24, 2.45) is 11.8 Å². The van der Waals surface area contributed by atoms with E-state index in [4.69, 9.17) is 14.2 Å². The number of hydrogen-bond donors (Lipinski definition) is 1. The van der Waals surface area contributed by atoms with E-state index in [1.165, 1.54) is 14.2 Å². The highest BCUT2D eigenvalue weighted by Crippen LogP contribution is 2.29. The van der Waals surface area contributed by atoms with Gasteiger partial charge >= 0.3 is 0 Å². The highest BCUT2D eigenvalue weighted by molar-refractivity contribution is 6.00. The van der Waals surface area contributed by atoms with E-state index >= 15 is 0 Å². The second-order valence-corrected chi connectivity index (χ2v) is 6.41. The summed E-state index contributed by atoms with van der Waals surface area (Å²) in [4.78, 5) is 28.5. The molecule has 0 saturated heterocycles. The molecule has 0 aliphatic heterocycles. The van der Waals surface area contributed by atoms with E-state index in [0.717, 1.165) is 6.42 Å². The van der Waals surface area contributed by atoms with Crippen LogP contribution < -0.4 is 19.6 Å². The molecule has 1 heterocycles. The van der Waals surface area contributed by atoms with Crippen molar-refractivity contribution < 1.29 is 19.0 Å². The highest BCUT2D eigenvalue weighted by Gasteiger charge is 2.28. The Bertz CT molecular complexity index is 621. The number of methoxy groups -OCH3 is 2. The van der Waals surface area contributed by atoms with Gasteiger partial charge in [0, 0.05) is 5.92 Å². The number of ketones is 1. The molecular weight excluding hydrogens is 310 g/mol. The van der Waals surface area contributed by atoms with Crippen LogP contribution in [0.3, 0.4) is 0 Å². The number of ether oxygens (including phenoxy) is 3. The number of Topliss-reactive ketones (excluding diaryl/α,β-unsaturated/α-hetero) is 1. The van der Waals surface area contributed by atoms with Crippen LogP contribution in [0.25, 0.3) is 0 Å². The van der Waals surface area contributed by atoms with Crippen molar-refractivity contribution in [1.82, 2.24) is 4.98 Å². The maximum absolute atomic E-state index is 12.9. The number of carbonyl (C=O) groups is 1. The van der Waals surface area contributed by atoms with Gasteiger partial charge in [-0.2, -0.15) is 0 Å². The Hall–Kier alpha value is -1.98. The van der Waals surface area contributed by atoms with Crippen molar-refractivity contribution in [3.05, 3.63) is 15.8 Å². The Morgan fingerprint density at radius 3 is 2.17 bits per heavy atom. The van der Waals surface area contributed by atoms with Crippen molar-refractivity contribution in [1.29, 1.82) is 0 Å². The molecule has 1 rings (SSSR count). The summed E-state index contributed by atoms with van der Waals surface area (Å²) in [5.41, 5.74) is -0.512. The zero-order valence-electron chi connectivity index (χ0n) is 15.7. The van der Waals surface area contributed by atoms with Gasteiger partial charge in [-0.15, -0.1) is 0 Å². The maximum atomic E-state index is 12.9. The Morgan fingerprint density at radius 2 is 1.71 bits per heavy atom. The molecule has 1 aromatic rings. The first-order valence-electron chi connectivity index (χ1n) is 8.35. The predicted molar refractivity (Wildman–Crippen MR) is 93.5 cm³/mol. The summed E-state index contributed by atoms with van der Waals surface area (Å²) in [5, 5.41) is 0. The van der Waals surface area contributed by atoms with Crippen molar-refractivity contribution in [3.63, 3.8) is 0 Å². The van der Waals surface area contributed by atoms with Gasteiger partial charge in [-0.05, 0) is 26.2 Å². The summed E-state index contributed by atoms with van der Waals surface area (Å²) in [6.07, 6.45) is 1.50. The third-order valence-corrected chi connectivity index (χ3v) is 4.00. The van der Waals surface area contributed by atoms with E-state index in [0.29, 0.717) is 12.3 Å². The van der Waals surface area contributed by atoms with Gasteiger partial charge in [0.25, 0.3) is 0 Å². The molecule has 24 heavy (non-hydrogen) atoms. The summed E-state index contributed by atoms with van der Waals surface area (Å²) in [6, 6.07) is 0. The first-order valence-corrected chi connectivity index (χ1v) is 8.35. The van der Waals surface area contributed by atoms with E-state index < -0.39 is 5.43 Å². The molecule has 0 fully saturated rings. The molecule has 136 valence electrons. The molecule has 0 amide bonds.